The Morgan fingerprint density at radius 3 is 2.78 bits per heavy atom. The Kier molecular flexibility index (Phi) is 7.54. The largest absolute Gasteiger partial charge is 0.483 e. The Labute approximate surface area is 159 Å². The van der Waals surface area contributed by atoms with Crippen molar-refractivity contribution in [2.75, 3.05) is 19.6 Å². The molecule has 0 spiro atoms. The average molecular weight is 376 g/mol. The van der Waals surface area contributed by atoms with Gasteiger partial charge in [0.2, 0.25) is 0 Å². The third kappa shape index (κ3) is 5.92. The van der Waals surface area contributed by atoms with Crippen LogP contribution in [0.4, 0.5) is 0 Å². The lowest BCUT2D eigenvalue weighted by Crippen LogP contribution is -2.40. The van der Waals surface area contributed by atoms with E-state index < -0.39 is 0 Å². The van der Waals surface area contributed by atoms with Crippen LogP contribution >= 0.6 is 0 Å². The molecule has 1 fully saturated rings. The molecule has 0 aromatic carbocycles. The average Bonchev–Trinajstić information content (AvgIpc) is 3.18. The SMILES string of the molecule is Cc1nn(C)cc1C(=O)NCC1CCCN(Cc2ccnn2C)C1.O=CO. The van der Waals surface area contributed by atoms with Gasteiger partial charge in [0.05, 0.1) is 17.0 Å². The third-order valence-electron chi connectivity index (χ3n) is 4.72. The van der Waals surface area contributed by atoms with Gasteiger partial charge in [-0.1, -0.05) is 0 Å². The van der Waals surface area contributed by atoms with Gasteiger partial charge in [0.1, 0.15) is 0 Å². The maximum Gasteiger partial charge on any atom is 0.290 e. The van der Waals surface area contributed by atoms with E-state index in [2.05, 4.69) is 26.5 Å². The fourth-order valence-corrected chi connectivity index (χ4v) is 3.40. The lowest BCUT2D eigenvalue weighted by atomic mass is 9.97. The number of piperidine rings is 1. The zero-order valence-corrected chi connectivity index (χ0v) is 16.1. The maximum atomic E-state index is 12.3. The molecule has 1 atom stereocenters. The zero-order valence-electron chi connectivity index (χ0n) is 16.1. The van der Waals surface area contributed by atoms with Crippen molar-refractivity contribution < 1.29 is 14.7 Å². The lowest BCUT2D eigenvalue weighted by Gasteiger charge is -2.32. The van der Waals surface area contributed by atoms with E-state index in [9.17, 15) is 4.79 Å². The highest BCUT2D eigenvalue weighted by Gasteiger charge is 2.22. The van der Waals surface area contributed by atoms with Gasteiger partial charge in [-0.2, -0.15) is 10.2 Å². The molecule has 148 valence electrons. The smallest absolute Gasteiger partial charge is 0.290 e. The number of carboxylic acid groups (broad SMARTS) is 1. The predicted molar refractivity (Wildman–Crippen MR) is 100 cm³/mol. The van der Waals surface area contributed by atoms with Crippen LogP contribution in [0.3, 0.4) is 0 Å². The summed E-state index contributed by atoms with van der Waals surface area (Å²) in [7, 11) is 3.81. The van der Waals surface area contributed by atoms with Gasteiger partial charge in [-0.25, -0.2) is 0 Å². The molecular formula is C18H28N6O3. The minimum Gasteiger partial charge on any atom is -0.483 e. The highest BCUT2D eigenvalue weighted by Crippen LogP contribution is 2.18. The van der Waals surface area contributed by atoms with E-state index in [1.165, 1.54) is 12.1 Å². The van der Waals surface area contributed by atoms with Gasteiger partial charge in [0.15, 0.2) is 0 Å². The van der Waals surface area contributed by atoms with Crippen molar-refractivity contribution in [3.63, 3.8) is 0 Å². The summed E-state index contributed by atoms with van der Waals surface area (Å²) in [6.45, 7) is 5.37. The first-order chi connectivity index (χ1) is 12.9. The van der Waals surface area contributed by atoms with Gasteiger partial charge in [-0.05, 0) is 38.3 Å². The fraction of sp³-hybridized carbons (Fsp3) is 0.556. The molecule has 3 rings (SSSR count). The molecule has 2 N–H and O–H groups in total. The van der Waals surface area contributed by atoms with Gasteiger partial charge in [0.25, 0.3) is 12.4 Å². The predicted octanol–water partition coefficient (Wildman–Crippen LogP) is 0.805. The topological polar surface area (TPSA) is 105 Å². The van der Waals surface area contributed by atoms with Crippen molar-refractivity contribution in [2.24, 2.45) is 20.0 Å². The summed E-state index contributed by atoms with van der Waals surface area (Å²) in [5.41, 5.74) is 2.67. The van der Waals surface area contributed by atoms with E-state index >= 15 is 0 Å². The van der Waals surface area contributed by atoms with Gasteiger partial charge in [0, 0.05) is 46.1 Å². The van der Waals surface area contributed by atoms with Crippen molar-refractivity contribution >= 4 is 12.4 Å². The molecule has 0 radical (unpaired) electrons. The molecule has 0 aliphatic carbocycles. The molecule has 1 aliphatic heterocycles. The molecule has 9 heteroatoms. The van der Waals surface area contributed by atoms with E-state index in [0.717, 1.165) is 38.3 Å². The molecular weight excluding hydrogens is 348 g/mol. The summed E-state index contributed by atoms with van der Waals surface area (Å²) in [6, 6.07) is 2.07. The van der Waals surface area contributed by atoms with E-state index in [-0.39, 0.29) is 12.4 Å². The Morgan fingerprint density at radius 2 is 2.19 bits per heavy atom. The number of carbonyl (C=O) groups is 2. The van der Waals surface area contributed by atoms with Crippen LogP contribution < -0.4 is 5.32 Å². The summed E-state index contributed by atoms with van der Waals surface area (Å²) in [5, 5.41) is 18.4. The quantitative estimate of drug-likeness (QED) is 0.748. The number of aryl methyl sites for hydroxylation is 3. The normalized spacial score (nSPS) is 17.1. The second-order valence-electron chi connectivity index (χ2n) is 6.81. The highest BCUT2D eigenvalue weighted by molar-refractivity contribution is 5.94. The standard InChI is InChI=1S/C17H26N6O.CH2O2/c1-13-16(12-21(2)20-13)17(24)18-9-14-5-4-8-23(10-14)11-15-6-7-19-22(15)3;2-1-3/h6-7,12,14H,4-5,8-11H2,1-3H3,(H,18,24);1H,(H,2,3). The second kappa shape index (κ2) is 9.86. The summed E-state index contributed by atoms with van der Waals surface area (Å²) >= 11 is 0. The first-order valence-electron chi connectivity index (χ1n) is 9.00. The Morgan fingerprint density at radius 1 is 1.44 bits per heavy atom. The first-order valence-corrected chi connectivity index (χ1v) is 9.00. The van der Waals surface area contributed by atoms with Crippen LogP contribution in [0.1, 0.15) is 34.6 Å². The summed E-state index contributed by atoms with van der Waals surface area (Å²) < 4.78 is 3.61. The van der Waals surface area contributed by atoms with E-state index in [1.807, 2.05) is 31.9 Å². The fourth-order valence-electron chi connectivity index (χ4n) is 3.40. The van der Waals surface area contributed by atoms with Crippen LogP contribution in [0, 0.1) is 12.8 Å². The number of carbonyl (C=O) groups excluding carboxylic acids is 1. The summed E-state index contributed by atoms with van der Waals surface area (Å²) in [6.07, 6.45) is 5.95. The minimum atomic E-state index is -0.250. The number of hydrogen-bond donors (Lipinski definition) is 2. The molecule has 1 saturated heterocycles. The number of nitrogens with one attached hydrogen (secondary N) is 1. The number of aromatic nitrogens is 4. The molecule has 27 heavy (non-hydrogen) atoms. The maximum absolute atomic E-state index is 12.3. The van der Waals surface area contributed by atoms with Crippen molar-refractivity contribution in [2.45, 2.75) is 26.3 Å². The van der Waals surface area contributed by atoms with Gasteiger partial charge in [-0.15, -0.1) is 0 Å². The molecule has 2 aromatic rings. The Bertz CT molecular complexity index is 754. The Balaban J connectivity index is 0.000000817. The first kappa shape index (κ1) is 20.6. The van der Waals surface area contributed by atoms with Gasteiger partial charge < -0.3 is 10.4 Å². The molecule has 1 unspecified atom stereocenters. The van der Waals surface area contributed by atoms with Crippen molar-refractivity contribution in [1.29, 1.82) is 0 Å². The Hall–Kier alpha value is -2.68. The number of likely N-dealkylation sites (tertiary alicyclic amines) is 1. The molecule has 0 bridgehead atoms. The number of nitrogens with zero attached hydrogens (tertiary/aromatic N) is 5. The van der Waals surface area contributed by atoms with Crippen molar-refractivity contribution in [3.05, 3.63) is 35.4 Å². The minimum absolute atomic E-state index is 0.0237. The van der Waals surface area contributed by atoms with Gasteiger partial charge in [-0.3, -0.25) is 23.9 Å². The number of hydrogen-bond acceptors (Lipinski definition) is 5. The zero-order chi connectivity index (χ0) is 19.8. The van der Waals surface area contributed by atoms with E-state index in [4.69, 9.17) is 9.90 Å². The summed E-state index contributed by atoms with van der Waals surface area (Å²) in [5.74, 6) is 0.470. The lowest BCUT2D eigenvalue weighted by molar-refractivity contribution is -0.122. The van der Waals surface area contributed by atoms with Crippen LogP contribution in [0.2, 0.25) is 0 Å². The highest BCUT2D eigenvalue weighted by atomic mass is 16.3. The number of amides is 1. The van der Waals surface area contributed by atoms with Crippen molar-refractivity contribution in [1.82, 2.24) is 29.8 Å². The molecule has 9 nitrogen and oxygen atoms in total. The van der Waals surface area contributed by atoms with Crippen molar-refractivity contribution in [3.8, 4) is 0 Å². The monoisotopic (exact) mass is 376 g/mol. The summed E-state index contributed by atoms with van der Waals surface area (Å²) in [4.78, 5) is 23.1. The molecule has 0 saturated carbocycles. The number of rotatable bonds is 5. The van der Waals surface area contributed by atoms with Gasteiger partial charge >= 0.3 is 0 Å². The van der Waals surface area contributed by atoms with E-state index in [0.29, 0.717) is 11.5 Å². The molecule has 3 heterocycles. The molecule has 1 amide bonds. The van der Waals surface area contributed by atoms with Crippen LogP contribution in [-0.2, 0) is 25.4 Å². The molecule has 1 aliphatic rings. The van der Waals surface area contributed by atoms with Crippen LogP contribution in [0.5, 0.6) is 0 Å². The third-order valence-corrected chi connectivity index (χ3v) is 4.72. The van der Waals surface area contributed by atoms with Crippen LogP contribution in [0.25, 0.3) is 0 Å². The molecule has 2 aromatic heterocycles. The van der Waals surface area contributed by atoms with Crippen LogP contribution in [-0.4, -0.2) is 61.6 Å². The van der Waals surface area contributed by atoms with Crippen LogP contribution in [0.15, 0.2) is 18.5 Å². The second-order valence-corrected chi connectivity index (χ2v) is 6.81. The van der Waals surface area contributed by atoms with E-state index in [1.54, 1.807) is 10.9 Å².